The lowest BCUT2D eigenvalue weighted by Crippen LogP contribution is -2.73. The first-order valence-electron chi connectivity index (χ1n) is 7.18. The summed E-state index contributed by atoms with van der Waals surface area (Å²) in [6, 6.07) is 12.6. The number of hydrogen-bond acceptors (Lipinski definition) is 2. The molecule has 1 aliphatic rings. The molecule has 110 valence electrons. The maximum atomic E-state index is 15.1. The minimum atomic E-state index is -3.23. The zero-order chi connectivity index (χ0) is 15.6. The lowest BCUT2D eigenvalue weighted by Gasteiger charge is -2.34. The summed E-state index contributed by atoms with van der Waals surface area (Å²) < 4.78 is 21.8. The number of hydrogen-bond donors (Lipinski definition) is 0. The number of pyridine rings is 1. The molecule has 1 aromatic heterocycles. The third-order valence-electron chi connectivity index (χ3n) is 3.51. The number of carbonyl (C=O) groups excluding carboxylic acids is 1. The minimum Gasteiger partial charge on any atom is -0.624 e. The van der Waals surface area contributed by atoms with Crippen LogP contribution in [0.4, 0.5) is 4.32 Å². The Morgan fingerprint density at radius 3 is 2.48 bits per heavy atom. The molecule has 1 atom stereocenters. The van der Waals surface area contributed by atoms with E-state index in [1.807, 2.05) is 32.0 Å². The molecule has 2 heterocycles. The van der Waals surface area contributed by atoms with Crippen molar-refractivity contribution in [2.24, 2.45) is 0 Å². The standard InChI is InChI=1S/C14H13BFNO2.C2H6/c1-10-6-5-8-13-12-7-3-4-9-14(12)19-15(16,11(2)18)17(10)13;1-2/h3-9H,1-2H3;1-2H3. The predicted octanol–water partition coefficient (Wildman–Crippen LogP) is 3.25. The number of benzene rings is 1. The van der Waals surface area contributed by atoms with Crippen LogP contribution in [0.5, 0.6) is 5.75 Å². The summed E-state index contributed by atoms with van der Waals surface area (Å²) in [7, 11) is 0. The molecule has 0 aliphatic carbocycles. The van der Waals surface area contributed by atoms with Gasteiger partial charge < -0.3 is 18.2 Å². The average molecular weight is 287 g/mol. The normalized spacial score (nSPS) is 18.5. The van der Waals surface area contributed by atoms with Crippen molar-refractivity contribution in [3.05, 3.63) is 48.2 Å². The Bertz CT molecular complexity index is 690. The van der Waals surface area contributed by atoms with Gasteiger partial charge in [-0.1, -0.05) is 26.0 Å². The number of para-hydroxylation sites is 1. The van der Waals surface area contributed by atoms with E-state index in [2.05, 4.69) is 0 Å². The second-order valence-corrected chi connectivity index (χ2v) is 4.80. The van der Waals surface area contributed by atoms with E-state index in [0.717, 1.165) is 5.56 Å². The number of carbonyl (C=O) groups is 1. The summed E-state index contributed by atoms with van der Waals surface area (Å²) in [4.78, 5) is 11.8. The average Bonchev–Trinajstić information content (AvgIpc) is 2.49. The quantitative estimate of drug-likeness (QED) is 0.754. The van der Waals surface area contributed by atoms with Crippen LogP contribution < -0.4 is 9.13 Å². The topological polar surface area (TPSA) is 30.2 Å². The van der Waals surface area contributed by atoms with Gasteiger partial charge in [0.15, 0.2) is 5.69 Å². The fourth-order valence-electron chi connectivity index (χ4n) is 2.56. The van der Waals surface area contributed by atoms with Gasteiger partial charge in [0.2, 0.25) is 0 Å². The SMILES string of the molecule is CC.CC(=O)[B-]1(F)Oc2ccccc2-c2cccc(C)[n+]21. The smallest absolute Gasteiger partial charge is 0.624 e. The lowest BCUT2D eigenvalue weighted by atomic mass is 9.67. The molecule has 0 N–H and O–H groups in total. The molecule has 0 saturated carbocycles. The molecule has 1 aliphatic heterocycles. The second-order valence-electron chi connectivity index (χ2n) is 4.80. The van der Waals surface area contributed by atoms with Crippen molar-refractivity contribution in [1.82, 2.24) is 0 Å². The fourth-order valence-corrected chi connectivity index (χ4v) is 2.56. The predicted molar refractivity (Wildman–Crippen MR) is 81.7 cm³/mol. The number of fused-ring (bicyclic) bond motifs is 3. The van der Waals surface area contributed by atoms with Crippen molar-refractivity contribution < 1.29 is 18.2 Å². The van der Waals surface area contributed by atoms with E-state index >= 15 is 4.32 Å². The number of nitrogens with zero attached hydrogens (tertiary/aromatic N) is 1. The molecule has 0 fully saturated rings. The summed E-state index contributed by atoms with van der Waals surface area (Å²) in [6.07, 6.45) is 0. The van der Waals surface area contributed by atoms with Crippen molar-refractivity contribution in [3.63, 3.8) is 0 Å². The van der Waals surface area contributed by atoms with Crippen molar-refractivity contribution in [2.45, 2.75) is 27.7 Å². The van der Waals surface area contributed by atoms with Gasteiger partial charge in [0.25, 0.3) is 0 Å². The largest absolute Gasteiger partial charge is 0.699 e. The van der Waals surface area contributed by atoms with E-state index in [9.17, 15) is 4.79 Å². The van der Waals surface area contributed by atoms with Gasteiger partial charge in [0.05, 0.1) is 11.3 Å². The maximum Gasteiger partial charge on any atom is 0.699 e. The summed E-state index contributed by atoms with van der Waals surface area (Å²) in [6.45, 7) is 3.75. The van der Waals surface area contributed by atoms with Crippen LogP contribution in [-0.4, -0.2) is 12.4 Å². The zero-order valence-corrected chi connectivity index (χ0v) is 12.8. The van der Waals surface area contributed by atoms with E-state index in [0.29, 0.717) is 17.1 Å². The highest BCUT2D eigenvalue weighted by atomic mass is 19.1. The van der Waals surface area contributed by atoms with Crippen molar-refractivity contribution in [1.29, 1.82) is 0 Å². The van der Waals surface area contributed by atoms with Crippen LogP contribution in [-0.2, 0) is 4.79 Å². The number of aromatic nitrogens is 1. The van der Waals surface area contributed by atoms with Gasteiger partial charge in [0, 0.05) is 19.1 Å². The van der Waals surface area contributed by atoms with Crippen molar-refractivity contribution >= 4 is 12.4 Å². The molecule has 0 bridgehead atoms. The number of halogens is 1. The van der Waals surface area contributed by atoms with Gasteiger partial charge in [-0.05, 0) is 25.1 Å². The number of aryl methyl sites for hydroxylation is 1. The Labute approximate surface area is 124 Å². The molecule has 21 heavy (non-hydrogen) atoms. The van der Waals surface area contributed by atoms with Crippen LogP contribution in [0.1, 0.15) is 26.5 Å². The van der Waals surface area contributed by atoms with E-state index in [4.69, 9.17) is 4.65 Å². The Morgan fingerprint density at radius 1 is 1.14 bits per heavy atom. The monoisotopic (exact) mass is 287 g/mol. The van der Waals surface area contributed by atoms with Gasteiger partial charge in [-0.3, -0.25) is 0 Å². The molecule has 1 aromatic carbocycles. The first-order chi connectivity index (χ1) is 10.0. The van der Waals surface area contributed by atoms with Gasteiger partial charge in [-0.15, -0.1) is 0 Å². The lowest BCUT2D eigenvalue weighted by molar-refractivity contribution is -0.562. The molecular formula is C16H19BFNO2. The van der Waals surface area contributed by atoms with Crippen LogP contribution in [0, 0.1) is 6.92 Å². The van der Waals surface area contributed by atoms with E-state index in [1.54, 1.807) is 31.2 Å². The van der Waals surface area contributed by atoms with Gasteiger partial charge in [0.1, 0.15) is 11.4 Å². The zero-order valence-electron chi connectivity index (χ0n) is 12.8. The molecular weight excluding hydrogens is 268 g/mol. The first kappa shape index (κ1) is 15.2. The van der Waals surface area contributed by atoms with Crippen LogP contribution >= 0.6 is 0 Å². The highest BCUT2D eigenvalue weighted by Crippen LogP contribution is 2.34. The Kier molecular flexibility index (Phi) is 4.12. The first-order valence-corrected chi connectivity index (χ1v) is 7.18. The van der Waals surface area contributed by atoms with Crippen molar-refractivity contribution in [2.75, 3.05) is 0 Å². The van der Waals surface area contributed by atoms with Gasteiger partial charge in [-0.2, -0.15) is 0 Å². The van der Waals surface area contributed by atoms with E-state index in [-0.39, 0.29) is 0 Å². The van der Waals surface area contributed by atoms with E-state index < -0.39 is 12.4 Å². The van der Waals surface area contributed by atoms with Crippen LogP contribution in [0.15, 0.2) is 42.5 Å². The molecule has 0 radical (unpaired) electrons. The van der Waals surface area contributed by atoms with Crippen molar-refractivity contribution in [3.8, 4) is 17.0 Å². The number of rotatable bonds is 1. The minimum absolute atomic E-state index is 0.408. The molecule has 0 spiro atoms. The van der Waals surface area contributed by atoms with Gasteiger partial charge in [-0.25, -0.2) is 0 Å². The fraction of sp³-hybridized carbons (Fsp3) is 0.250. The second kappa shape index (κ2) is 5.68. The van der Waals surface area contributed by atoms with Crippen LogP contribution in [0.2, 0.25) is 0 Å². The van der Waals surface area contributed by atoms with Gasteiger partial charge >= 0.3 is 6.76 Å². The Morgan fingerprint density at radius 2 is 1.81 bits per heavy atom. The molecule has 1 unspecified atom stereocenters. The highest BCUT2D eigenvalue weighted by molar-refractivity contribution is 6.90. The maximum absolute atomic E-state index is 15.1. The molecule has 3 nitrogen and oxygen atoms in total. The van der Waals surface area contributed by atoms with Crippen LogP contribution in [0.25, 0.3) is 11.3 Å². The molecule has 5 heteroatoms. The molecule has 0 saturated heterocycles. The molecule has 3 rings (SSSR count). The molecule has 2 aromatic rings. The third-order valence-corrected chi connectivity index (χ3v) is 3.51. The summed E-state index contributed by atoms with van der Waals surface area (Å²) >= 11 is 0. The third kappa shape index (κ3) is 2.33. The summed E-state index contributed by atoms with van der Waals surface area (Å²) in [5.74, 6) is 0.408. The summed E-state index contributed by atoms with van der Waals surface area (Å²) in [5.41, 5.74) is 1.50. The molecule has 0 amide bonds. The van der Waals surface area contributed by atoms with E-state index in [1.165, 1.54) is 11.4 Å². The highest BCUT2D eigenvalue weighted by Gasteiger charge is 2.53. The Hall–Kier alpha value is -2.17. The summed E-state index contributed by atoms with van der Waals surface area (Å²) in [5, 5.41) is 0. The van der Waals surface area contributed by atoms with Crippen LogP contribution in [0.3, 0.4) is 0 Å². The Balaban J connectivity index is 0.000000774.